The molecule has 0 saturated heterocycles. The van der Waals surface area contributed by atoms with Crippen LogP contribution in [0, 0.1) is 0 Å². The summed E-state index contributed by atoms with van der Waals surface area (Å²) in [5.74, 6) is 0.487. The first kappa shape index (κ1) is 9.33. The van der Waals surface area contributed by atoms with Crippen molar-refractivity contribution in [1.29, 1.82) is 0 Å². The Balaban J connectivity index is 1.91. The van der Waals surface area contributed by atoms with Gasteiger partial charge in [-0.25, -0.2) is 9.97 Å². The second kappa shape index (κ2) is 3.59. The fourth-order valence-corrected chi connectivity index (χ4v) is 1.85. The van der Waals surface area contributed by atoms with Crippen LogP contribution in [0.5, 0.6) is 0 Å². The van der Waals surface area contributed by atoms with Crippen LogP contribution in [0.2, 0.25) is 0 Å². The highest BCUT2D eigenvalue weighted by atomic mass is 15.3. The number of rotatable bonds is 2. The lowest BCUT2D eigenvalue weighted by Gasteiger charge is -2.25. The number of nitrogens with zero attached hydrogens (tertiary/aromatic N) is 4. The summed E-state index contributed by atoms with van der Waals surface area (Å²) < 4.78 is 2.02. The van der Waals surface area contributed by atoms with Crippen LogP contribution in [-0.2, 0) is 0 Å². The van der Waals surface area contributed by atoms with E-state index in [2.05, 4.69) is 15.1 Å². The van der Waals surface area contributed by atoms with E-state index in [9.17, 15) is 0 Å². The second-order valence-corrected chi connectivity index (χ2v) is 4.12. The van der Waals surface area contributed by atoms with Crippen molar-refractivity contribution >= 4 is 5.82 Å². The van der Waals surface area contributed by atoms with E-state index in [0.717, 1.165) is 11.3 Å². The van der Waals surface area contributed by atoms with Gasteiger partial charge in [-0.05, 0) is 19.3 Å². The molecule has 0 radical (unpaired) electrons. The van der Waals surface area contributed by atoms with E-state index in [1.165, 1.54) is 25.6 Å². The summed E-state index contributed by atoms with van der Waals surface area (Å²) in [6.45, 7) is 0. The first-order valence-electron chi connectivity index (χ1n) is 5.45. The average molecular weight is 215 g/mol. The quantitative estimate of drug-likeness (QED) is 0.826. The molecule has 0 spiro atoms. The minimum atomic E-state index is 0.487. The van der Waals surface area contributed by atoms with Crippen molar-refractivity contribution in [3.8, 4) is 11.3 Å². The van der Waals surface area contributed by atoms with E-state index >= 15 is 0 Å². The van der Waals surface area contributed by atoms with Crippen molar-refractivity contribution in [2.24, 2.45) is 0 Å². The van der Waals surface area contributed by atoms with E-state index in [0.29, 0.717) is 11.9 Å². The van der Waals surface area contributed by atoms with Gasteiger partial charge in [0.2, 0.25) is 0 Å². The first-order chi connectivity index (χ1) is 7.83. The summed E-state index contributed by atoms with van der Waals surface area (Å²) in [6.07, 6.45) is 9.11. The van der Waals surface area contributed by atoms with Gasteiger partial charge in [-0.2, -0.15) is 5.10 Å². The summed E-state index contributed by atoms with van der Waals surface area (Å²) >= 11 is 0. The van der Waals surface area contributed by atoms with Crippen molar-refractivity contribution in [2.45, 2.75) is 25.3 Å². The lowest BCUT2D eigenvalue weighted by Crippen LogP contribution is -2.16. The van der Waals surface area contributed by atoms with Gasteiger partial charge in [0.1, 0.15) is 12.1 Å². The maximum atomic E-state index is 5.62. The van der Waals surface area contributed by atoms with E-state index in [1.807, 2.05) is 17.1 Å². The molecular formula is C11H13N5. The molecule has 5 heteroatoms. The molecule has 1 fully saturated rings. The van der Waals surface area contributed by atoms with Crippen molar-refractivity contribution < 1.29 is 0 Å². The maximum Gasteiger partial charge on any atom is 0.127 e. The van der Waals surface area contributed by atoms with Crippen LogP contribution in [0.4, 0.5) is 5.82 Å². The van der Waals surface area contributed by atoms with Crippen LogP contribution < -0.4 is 5.73 Å². The van der Waals surface area contributed by atoms with Crippen molar-refractivity contribution in [3.05, 3.63) is 24.8 Å². The van der Waals surface area contributed by atoms with Crippen molar-refractivity contribution in [1.82, 2.24) is 19.7 Å². The fourth-order valence-electron chi connectivity index (χ4n) is 1.85. The highest BCUT2D eigenvalue weighted by Gasteiger charge is 2.20. The van der Waals surface area contributed by atoms with E-state index in [4.69, 9.17) is 5.73 Å². The van der Waals surface area contributed by atoms with Crippen molar-refractivity contribution in [2.75, 3.05) is 5.73 Å². The van der Waals surface area contributed by atoms with E-state index in [1.54, 1.807) is 6.07 Å². The largest absolute Gasteiger partial charge is 0.384 e. The van der Waals surface area contributed by atoms with E-state index in [-0.39, 0.29) is 0 Å². The summed E-state index contributed by atoms with van der Waals surface area (Å²) in [5, 5.41) is 4.36. The van der Waals surface area contributed by atoms with Gasteiger partial charge < -0.3 is 5.73 Å². The molecule has 82 valence electrons. The third-order valence-electron chi connectivity index (χ3n) is 3.03. The molecule has 0 atom stereocenters. The topological polar surface area (TPSA) is 69.6 Å². The predicted molar refractivity (Wildman–Crippen MR) is 60.6 cm³/mol. The molecule has 1 saturated carbocycles. The Kier molecular flexibility index (Phi) is 2.09. The molecule has 3 rings (SSSR count). The molecule has 2 N–H and O–H groups in total. The molecule has 0 unspecified atom stereocenters. The summed E-state index contributed by atoms with van der Waals surface area (Å²) in [7, 11) is 0. The molecule has 0 aliphatic heterocycles. The Labute approximate surface area is 93.3 Å². The van der Waals surface area contributed by atoms with Crippen LogP contribution in [0.15, 0.2) is 24.8 Å². The lowest BCUT2D eigenvalue weighted by molar-refractivity contribution is 0.289. The molecule has 16 heavy (non-hydrogen) atoms. The fraction of sp³-hybridized carbons (Fsp3) is 0.364. The van der Waals surface area contributed by atoms with Crippen LogP contribution in [-0.4, -0.2) is 19.7 Å². The summed E-state index contributed by atoms with van der Waals surface area (Å²) in [6, 6.07) is 2.34. The van der Waals surface area contributed by atoms with Gasteiger partial charge in [0, 0.05) is 17.8 Å². The molecule has 0 aromatic carbocycles. The van der Waals surface area contributed by atoms with Gasteiger partial charge in [0.05, 0.1) is 17.9 Å². The lowest BCUT2D eigenvalue weighted by atomic mass is 9.93. The van der Waals surface area contributed by atoms with Gasteiger partial charge in [0.15, 0.2) is 0 Å². The molecule has 0 bridgehead atoms. The standard InChI is InChI=1S/C11H13N5/c12-11-4-10(13-7-14-11)8-5-15-16(6-8)9-2-1-3-9/h4-7,9H,1-3H2,(H2,12,13,14). The molecule has 2 aromatic heterocycles. The molecule has 5 nitrogen and oxygen atoms in total. The Bertz CT molecular complexity index is 501. The van der Waals surface area contributed by atoms with Crippen LogP contribution >= 0.6 is 0 Å². The van der Waals surface area contributed by atoms with E-state index < -0.39 is 0 Å². The number of hydrogen-bond donors (Lipinski definition) is 1. The monoisotopic (exact) mass is 215 g/mol. The zero-order valence-electron chi connectivity index (χ0n) is 8.87. The Morgan fingerprint density at radius 2 is 2.19 bits per heavy atom. The Morgan fingerprint density at radius 3 is 2.88 bits per heavy atom. The van der Waals surface area contributed by atoms with Crippen LogP contribution in [0.3, 0.4) is 0 Å². The maximum absolute atomic E-state index is 5.62. The van der Waals surface area contributed by atoms with Crippen LogP contribution in [0.25, 0.3) is 11.3 Å². The number of hydrogen-bond acceptors (Lipinski definition) is 4. The third kappa shape index (κ3) is 1.54. The van der Waals surface area contributed by atoms with Gasteiger partial charge in [-0.1, -0.05) is 0 Å². The molecular weight excluding hydrogens is 202 g/mol. The SMILES string of the molecule is Nc1cc(-c2cnn(C3CCC3)c2)ncn1. The number of nitrogen functional groups attached to an aromatic ring is 1. The number of aromatic nitrogens is 4. The Morgan fingerprint density at radius 1 is 1.31 bits per heavy atom. The third-order valence-corrected chi connectivity index (χ3v) is 3.03. The summed E-state index contributed by atoms with van der Waals surface area (Å²) in [4.78, 5) is 8.06. The molecule has 0 amide bonds. The minimum Gasteiger partial charge on any atom is -0.384 e. The van der Waals surface area contributed by atoms with Crippen molar-refractivity contribution in [3.63, 3.8) is 0 Å². The Hall–Kier alpha value is -1.91. The highest BCUT2D eigenvalue weighted by Crippen LogP contribution is 2.31. The average Bonchev–Trinajstić information content (AvgIpc) is 2.64. The number of anilines is 1. The van der Waals surface area contributed by atoms with Gasteiger partial charge >= 0.3 is 0 Å². The molecule has 1 aliphatic rings. The van der Waals surface area contributed by atoms with Gasteiger partial charge in [-0.15, -0.1) is 0 Å². The van der Waals surface area contributed by atoms with Gasteiger partial charge in [-0.3, -0.25) is 4.68 Å². The smallest absolute Gasteiger partial charge is 0.127 e. The normalized spacial score (nSPS) is 16.0. The van der Waals surface area contributed by atoms with Gasteiger partial charge in [0.25, 0.3) is 0 Å². The minimum absolute atomic E-state index is 0.487. The first-order valence-corrected chi connectivity index (χ1v) is 5.45. The highest BCUT2D eigenvalue weighted by molar-refractivity contribution is 5.59. The summed E-state index contributed by atoms with van der Waals surface area (Å²) in [5.41, 5.74) is 7.45. The zero-order valence-corrected chi connectivity index (χ0v) is 8.87. The molecule has 2 aromatic rings. The predicted octanol–water partition coefficient (Wildman–Crippen LogP) is 1.65. The second-order valence-electron chi connectivity index (χ2n) is 4.12. The molecule has 1 aliphatic carbocycles. The van der Waals surface area contributed by atoms with Crippen LogP contribution in [0.1, 0.15) is 25.3 Å². The zero-order chi connectivity index (χ0) is 11.0. The number of nitrogens with two attached hydrogens (primary N) is 1. The molecule has 2 heterocycles.